The molecule has 0 radical (unpaired) electrons. The van der Waals surface area contributed by atoms with Crippen LogP contribution in [0.4, 0.5) is 4.79 Å². The molecule has 1 heterocycles. The molecule has 0 N–H and O–H groups in total. The second-order valence-electron chi connectivity index (χ2n) is 7.93. The van der Waals surface area contributed by atoms with Crippen LogP contribution < -0.4 is 0 Å². The average molecular weight is 351 g/mol. The number of hydrogen-bond donors (Lipinski definition) is 0. The molecule has 1 aliphatic rings. The molecule has 1 unspecified atom stereocenters. The molecule has 1 amide bonds. The lowest BCUT2D eigenvalue weighted by Gasteiger charge is -2.34. The Hall–Kier alpha value is -1.62. The first-order valence-electron chi connectivity index (χ1n) is 8.98. The monoisotopic (exact) mass is 351 g/mol. The Morgan fingerprint density at radius 3 is 2.36 bits per heavy atom. The Labute approximate surface area is 152 Å². The van der Waals surface area contributed by atoms with Gasteiger partial charge in [-0.2, -0.15) is 0 Å². The normalized spacial score (nSPS) is 22.5. The molecule has 0 bridgehead atoms. The van der Waals surface area contributed by atoms with E-state index in [1.807, 2.05) is 26.8 Å². The number of amides is 1. The van der Waals surface area contributed by atoms with Gasteiger partial charge in [0, 0.05) is 6.42 Å². The fourth-order valence-corrected chi connectivity index (χ4v) is 3.06. The Balaban J connectivity index is 2.93. The van der Waals surface area contributed by atoms with Crippen molar-refractivity contribution < 1.29 is 19.1 Å². The van der Waals surface area contributed by atoms with Crippen molar-refractivity contribution >= 4 is 11.9 Å². The summed E-state index contributed by atoms with van der Waals surface area (Å²) in [5.41, 5.74) is -1.52. The summed E-state index contributed by atoms with van der Waals surface area (Å²) in [6.07, 6.45) is 5.97. The number of rotatable bonds is 8. The summed E-state index contributed by atoms with van der Waals surface area (Å²) >= 11 is 0. The van der Waals surface area contributed by atoms with E-state index in [1.54, 1.807) is 24.8 Å². The van der Waals surface area contributed by atoms with Crippen molar-refractivity contribution in [2.24, 2.45) is 0 Å². The van der Waals surface area contributed by atoms with E-state index in [4.69, 9.17) is 9.47 Å². The van der Waals surface area contributed by atoms with Gasteiger partial charge < -0.3 is 9.47 Å². The molecule has 0 aromatic carbocycles. The molecular weight excluding hydrogens is 318 g/mol. The van der Waals surface area contributed by atoms with Crippen LogP contribution in [-0.4, -0.2) is 40.2 Å². The first-order chi connectivity index (χ1) is 11.5. The first-order valence-corrected chi connectivity index (χ1v) is 8.98. The van der Waals surface area contributed by atoms with E-state index >= 15 is 0 Å². The maximum absolute atomic E-state index is 12.7. The highest BCUT2D eigenvalue weighted by Crippen LogP contribution is 2.36. The van der Waals surface area contributed by atoms with Gasteiger partial charge in [0.05, 0.1) is 6.04 Å². The number of allylic oxidation sites excluding steroid dienone is 1. The molecule has 0 aromatic heterocycles. The quantitative estimate of drug-likeness (QED) is 0.473. The highest BCUT2D eigenvalue weighted by molar-refractivity contribution is 5.85. The number of carbonyl (C=O) groups excluding carboxylic acids is 2. The summed E-state index contributed by atoms with van der Waals surface area (Å²) in [4.78, 5) is 26.9. The molecule has 142 valence electrons. The average Bonchev–Trinajstić information content (AvgIpc) is 2.73. The minimum Gasteiger partial charge on any atom is -0.444 e. The van der Waals surface area contributed by atoms with Crippen LogP contribution in [0.25, 0.3) is 0 Å². The van der Waals surface area contributed by atoms with Crippen LogP contribution in [0.3, 0.4) is 0 Å². The summed E-state index contributed by atoms with van der Waals surface area (Å²) in [5.74, 6) is 0.0232. The number of unbranched alkanes of at least 4 members (excludes halogenated alkanes) is 2. The van der Waals surface area contributed by atoms with Gasteiger partial charge in [-0.3, -0.25) is 9.69 Å². The molecule has 5 heteroatoms. The van der Waals surface area contributed by atoms with Gasteiger partial charge in [-0.05, 0) is 60.3 Å². The molecule has 5 nitrogen and oxygen atoms in total. The van der Waals surface area contributed by atoms with Crippen molar-refractivity contribution in [1.82, 2.24) is 4.90 Å². The third kappa shape index (κ3) is 5.99. The van der Waals surface area contributed by atoms with Crippen molar-refractivity contribution in [1.29, 1.82) is 0 Å². The number of hydrogen-bond acceptors (Lipinski definition) is 4. The van der Waals surface area contributed by atoms with Gasteiger partial charge in [-0.25, -0.2) is 4.79 Å². The number of ether oxygens (including phenoxy) is 2. The number of nitrogens with zero attached hydrogens (tertiary/aromatic N) is 1. The van der Waals surface area contributed by atoms with E-state index in [0.29, 0.717) is 12.8 Å². The van der Waals surface area contributed by atoms with Crippen molar-refractivity contribution in [3.63, 3.8) is 0 Å². The van der Waals surface area contributed by atoms with Crippen LogP contribution in [-0.2, 0) is 14.3 Å². The van der Waals surface area contributed by atoms with E-state index in [2.05, 4.69) is 13.2 Å². The van der Waals surface area contributed by atoms with Crippen LogP contribution in [0, 0.1) is 0 Å². The Morgan fingerprint density at radius 1 is 1.20 bits per heavy atom. The summed E-state index contributed by atoms with van der Waals surface area (Å²) in [5, 5.41) is 0. The second-order valence-corrected chi connectivity index (χ2v) is 7.93. The molecule has 0 aliphatic carbocycles. The van der Waals surface area contributed by atoms with Crippen molar-refractivity contribution in [2.45, 2.75) is 90.2 Å². The number of ketones is 1. The largest absolute Gasteiger partial charge is 0.444 e. The van der Waals surface area contributed by atoms with Crippen LogP contribution in [0.1, 0.15) is 66.7 Å². The Bertz CT molecular complexity index is 504. The lowest BCUT2D eigenvalue weighted by molar-refractivity contribution is -0.136. The van der Waals surface area contributed by atoms with Gasteiger partial charge in [0.2, 0.25) is 0 Å². The topological polar surface area (TPSA) is 55.8 Å². The number of carbonyl (C=O) groups is 2. The summed E-state index contributed by atoms with van der Waals surface area (Å²) in [7, 11) is 0. The third-order valence-electron chi connectivity index (χ3n) is 4.07. The van der Waals surface area contributed by atoms with E-state index in [0.717, 1.165) is 19.3 Å². The van der Waals surface area contributed by atoms with E-state index in [9.17, 15) is 9.59 Å². The summed E-state index contributed by atoms with van der Waals surface area (Å²) < 4.78 is 11.5. The Morgan fingerprint density at radius 2 is 1.84 bits per heavy atom. The smallest absolute Gasteiger partial charge is 0.412 e. The molecule has 1 aliphatic heterocycles. The lowest BCUT2D eigenvalue weighted by atomic mass is 9.99. The minimum atomic E-state index is -0.905. The lowest BCUT2D eigenvalue weighted by Crippen LogP contribution is -2.50. The highest BCUT2D eigenvalue weighted by Gasteiger charge is 2.52. The summed E-state index contributed by atoms with van der Waals surface area (Å²) in [6, 6.07) is -0.394. The molecular formula is C20H33NO4. The zero-order valence-corrected chi connectivity index (χ0v) is 16.3. The van der Waals surface area contributed by atoms with Gasteiger partial charge in [0.1, 0.15) is 17.4 Å². The van der Waals surface area contributed by atoms with Crippen LogP contribution in [0.5, 0.6) is 0 Å². The SMILES string of the molecule is C=CCCCCC(=O)C1OC(C)(C)N(C(=O)OC(C)(C)C)[C@H]1CC=C. The van der Waals surface area contributed by atoms with Gasteiger partial charge in [-0.15, -0.1) is 13.2 Å². The highest BCUT2D eigenvalue weighted by atomic mass is 16.6. The Kier molecular flexibility index (Phi) is 7.42. The fourth-order valence-electron chi connectivity index (χ4n) is 3.06. The molecule has 0 spiro atoms. The molecule has 25 heavy (non-hydrogen) atoms. The van der Waals surface area contributed by atoms with E-state index in [-0.39, 0.29) is 5.78 Å². The zero-order chi connectivity index (χ0) is 19.3. The fraction of sp³-hybridized carbons (Fsp3) is 0.700. The van der Waals surface area contributed by atoms with E-state index < -0.39 is 29.6 Å². The van der Waals surface area contributed by atoms with Gasteiger partial charge in [0.15, 0.2) is 5.78 Å². The molecule has 1 fully saturated rings. The van der Waals surface area contributed by atoms with Crippen molar-refractivity contribution in [3.05, 3.63) is 25.3 Å². The first kappa shape index (κ1) is 21.4. The molecule has 0 saturated carbocycles. The standard InChI is InChI=1S/C20H33NO4/c1-8-10-11-12-14-16(22)17-15(13-9-2)21(20(6,7)24-17)18(23)25-19(3,4)5/h8-9,15,17H,1-2,10-14H2,3-7H3/t15-,17?/m0/s1. The van der Waals surface area contributed by atoms with Gasteiger partial charge >= 0.3 is 6.09 Å². The summed E-state index contributed by atoms with van der Waals surface area (Å²) in [6.45, 7) is 16.5. The van der Waals surface area contributed by atoms with Crippen LogP contribution >= 0.6 is 0 Å². The van der Waals surface area contributed by atoms with Crippen molar-refractivity contribution in [2.75, 3.05) is 0 Å². The molecule has 0 aromatic rings. The van der Waals surface area contributed by atoms with E-state index in [1.165, 1.54) is 0 Å². The van der Waals surface area contributed by atoms with Crippen LogP contribution in [0.15, 0.2) is 25.3 Å². The van der Waals surface area contributed by atoms with Gasteiger partial charge in [-0.1, -0.05) is 12.2 Å². The molecule has 1 saturated heterocycles. The second kappa shape index (κ2) is 8.65. The maximum Gasteiger partial charge on any atom is 0.412 e. The predicted octanol–water partition coefficient (Wildman–Crippen LogP) is 4.62. The maximum atomic E-state index is 12.7. The van der Waals surface area contributed by atoms with Crippen molar-refractivity contribution in [3.8, 4) is 0 Å². The predicted molar refractivity (Wildman–Crippen MR) is 99.3 cm³/mol. The zero-order valence-electron chi connectivity index (χ0n) is 16.3. The molecule has 2 atom stereocenters. The van der Waals surface area contributed by atoms with Gasteiger partial charge in [0.25, 0.3) is 0 Å². The minimum absolute atomic E-state index is 0.0232. The third-order valence-corrected chi connectivity index (χ3v) is 4.07. The number of Topliss-reactive ketones (excluding diaryl/α,β-unsaturated/α-hetero) is 1. The molecule has 1 rings (SSSR count). The van der Waals surface area contributed by atoms with Crippen LogP contribution in [0.2, 0.25) is 0 Å².